The molecule has 0 bridgehead atoms. The number of phenolic OH excluding ortho intramolecular Hbond substituents is 1. The summed E-state index contributed by atoms with van der Waals surface area (Å²) >= 11 is 0. The second-order valence-electron chi connectivity index (χ2n) is 3.28. The van der Waals surface area contributed by atoms with Crippen molar-refractivity contribution in [1.82, 2.24) is 0 Å². The second kappa shape index (κ2) is 3.61. The van der Waals surface area contributed by atoms with Crippen LogP contribution in [0, 0.1) is 0 Å². The molecule has 80 valence electrons. The Bertz CT molecular complexity index is 379. The monoisotopic (exact) mass is 210 g/mol. The average molecular weight is 210 g/mol. The molecule has 1 aromatic carbocycles. The molecule has 0 saturated carbocycles. The van der Waals surface area contributed by atoms with Crippen molar-refractivity contribution in [3.05, 3.63) is 29.8 Å². The van der Waals surface area contributed by atoms with Crippen LogP contribution < -0.4 is 0 Å². The lowest BCUT2D eigenvalue weighted by molar-refractivity contribution is -0.156. The Hall–Kier alpha value is -2.04. The van der Waals surface area contributed by atoms with Gasteiger partial charge in [-0.15, -0.1) is 0 Å². The molecule has 1 aromatic rings. The molecule has 15 heavy (non-hydrogen) atoms. The van der Waals surface area contributed by atoms with Crippen molar-refractivity contribution in [3.63, 3.8) is 0 Å². The van der Waals surface area contributed by atoms with Crippen LogP contribution in [0.2, 0.25) is 0 Å². The Morgan fingerprint density at radius 3 is 1.80 bits per heavy atom. The minimum Gasteiger partial charge on any atom is -0.508 e. The van der Waals surface area contributed by atoms with Crippen molar-refractivity contribution >= 4 is 11.9 Å². The van der Waals surface area contributed by atoms with E-state index in [0.29, 0.717) is 0 Å². The molecule has 0 unspecified atom stereocenters. The van der Waals surface area contributed by atoms with Crippen molar-refractivity contribution < 1.29 is 24.9 Å². The molecule has 0 atom stereocenters. The van der Waals surface area contributed by atoms with Crippen LogP contribution in [0.15, 0.2) is 24.3 Å². The predicted octanol–water partition coefficient (Wildman–Crippen LogP) is 0.819. The highest BCUT2D eigenvalue weighted by molar-refractivity contribution is 6.04. The molecule has 3 N–H and O–H groups in total. The van der Waals surface area contributed by atoms with Crippen molar-refractivity contribution in [3.8, 4) is 5.75 Å². The number of benzene rings is 1. The molecular formula is C10H10O5. The summed E-state index contributed by atoms with van der Waals surface area (Å²) in [4.78, 5) is 21.8. The standard InChI is InChI=1S/C10H10O5/c1-10(8(12)13,9(14)15)6-2-4-7(11)5-3-6/h2-5,11H,1H3,(H,12,13)(H,14,15). The minimum atomic E-state index is -1.99. The molecule has 0 aliphatic carbocycles. The summed E-state index contributed by atoms with van der Waals surface area (Å²) in [6, 6.07) is 5.05. The van der Waals surface area contributed by atoms with Gasteiger partial charge in [0, 0.05) is 0 Å². The molecule has 0 aliphatic rings. The number of carboxylic acid groups (broad SMARTS) is 2. The third kappa shape index (κ3) is 1.76. The van der Waals surface area contributed by atoms with Gasteiger partial charge < -0.3 is 15.3 Å². The van der Waals surface area contributed by atoms with Crippen LogP contribution in [0.3, 0.4) is 0 Å². The Kier molecular flexibility index (Phi) is 2.65. The van der Waals surface area contributed by atoms with E-state index >= 15 is 0 Å². The third-order valence-corrected chi connectivity index (χ3v) is 2.30. The molecule has 0 radical (unpaired) electrons. The highest BCUT2D eigenvalue weighted by Gasteiger charge is 2.43. The summed E-state index contributed by atoms with van der Waals surface area (Å²) in [7, 11) is 0. The van der Waals surface area contributed by atoms with E-state index < -0.39 is 17.4 Å². The van der Waals surface area contributed by atoms with Crippen LogP contribution in [0.5, 0.6) is 5.75 Å². The van der Waals surface area contributed by atoms with E-state index in [4.69, 9.17) is 15.3 Å². The van der Waals surface area contributed by atoms with Gasteiger partial charge in [0.25, 0.3) is 0 Å². The van der Waals surface area contributed by atoms with E-state index in [2.05, 4.69) is 0 Å². The number of rotatable bonds is 3. The van der Waals surface area contributed by atoms with Crippen molar-refractivity contribution in [2.75, 3.05) is 0 Å². The molecule has 5 heteroatoms. The van der Waals surface area contributed by atoms with E-state index in [9.17, 15) is 9.59 Å². The van der Waals surface area contributed by atoms with Gasteiger partial charge in [0.1, 0.15) is 5.75 Å². The summed E-state index contributed by atoms with van der Waals surface area (Å²) in [5.74, 6) is -2.93. The molecule has 0 aliphatic heterocycles. The Balaban J connectivity index is 3.28. The van der Waals surface area contributed by atoms with Gasteiger partial charge in [-0.3, -0.25) is 9.59 Å². The number of aromatic hydroxyl groups is 1. The van der Waals surface area contributed by atoms with Crippen molar-refractivity contribution in [2.24, 2.45) is 0 Å². The smallest absolute Gasteiger partial charge is 0.325 e. The van der Waals surface area contributed by atoms with Gasteiger partial charge in [-0.25, -0.2) is 0 Å². The summed E-state index contributed by atoms with van der Waals surface area (Å²) < 4.78 is 0. The average Bonchev–Trinajstić information content (AvgIpc) is 2.17. The summed E-state index contributed by atoms with van der Waals surface area (Å²) in [5.41, 5.74) is -1.88. The predicted molar refractivity (Wildman–Crippen MR) is 50.7 cm³/mol. The van der Waals surface area contributed by atoms with Crippen LogP contribution in [0.4, 0.5) is 0 Å². The van der Waals surface area contributed by atoms with E-state index in [-0.39, 0.29) is 11.3 Å². The summed E-state index contributed by atoms with van der Waals surface area (Å²) in [5, 5.41) is 26.8. The second-order valence-corrected chi connectivity index (χ2v) is 3.28. The number of carboxylic acids is 2. The largest absolute Gasteiger partial charge is 0.508 e. The number of hydrogen-bond acceptors (Lipinski definition) is 3. The Morgan fingerprint density at radius 2 is 1.47 bits per heavy atom. The maximum atomic E-state index is 10.9. The van der Waals surface area contributed by atoms with Crippen LogP contribution >= 0.6 is 0 Å². The van der Waals surface area contributed by atoms with E-state index in [0.717, 1.165) is 6.92 Å². The molecule has 0 aromatic heterocycles. The highest BCUT2D eigenvalue weighted by atomic mass is 16.4. The number of aliphatic carboxylic acids is 2. The zero-order chi connectivity index (χ0) is 11.6. The van der Waals surface area contributed by atoms with Gasteiger partial charge in [0.05, 0.1) is 0 Å². The highest BCUT2D eigenvalue weighted by Crippen LogP contribution is 2.26. The summed E-state index contributed by atoms with van der Waals surface area (Å²) in [6.45, 7) is 1.10. The lowest BCUT2D eigenvalue weighted by atomic mass is 9.83. The van der Waals surface area contributed by atoms with Crippen LogP contribution in [-0.4, -0.2) is 27.3 Å². The van der Waals surface area contributed by atoms with Gasteiger partial charge in [-0.2, -0.15) is 0 Å². The lowest BCUT2D eigenvalue weighted by Crippen LogP contribution is -2.40. The molecule has 0 saturated heterocycles. The first-order valence-corrected chi connectivity index (χ1v) is 4.15. The van der Waals surface area contributed by atoms with E-state index in [1.165, 1.54) is 24.3 Å². The zero-order valence-electron chi connectivity index (χ0n) is 7.97. The normalized spacial score (nSPS) is 11.0. The molecule has 0 amide bonds. The van der Waals surface area contributed by atoms with Gasteiger partial charge >= 0.3 is 11.9 Å². The topological polar surface area (TPSA) is 94.8 Å². The van der Waals surface area contributed by atoms with Gasteiger partial charge in [-0.05, 0) is 24.6 Å². The van der Waals surface area contributed by atoms with Gasteiger partial charge in [0.2, 0.25) is 0 Å². The minimum absolute atomic E-state index is 0.0446. The van der Waals surface area contributed by atoms with E-state index in [1.807, 2.05) is 0 Å². The van der Waals surface area contributed by atoms with Crippen LogP contribution in [0.25, 0.3) is 0 Å². The fourth-order valence-electron chi connectivity index (χ4n) is 1.13. The van der Waals surface area contributed by atoms with E-state index in [1.54, 1.807) is 0 Å². The van der Waals surface area contributed by atoms with Crippen LogP contribution in [-0.2, 0) is 15.0 Å². The maximum absolute atomic E-state index is 10.9. The van der Waals surface area contributed by atoms with Crippen LogP contribution in [0.1, 0.15) is 12.5 Å². The van der Waals surface area contributed by atoms with Gasteiger partial charge in [-0.1, -0.05) is 12.1 Å². The first-order chi connectivity index (χ1) is 6.89. The molecule has 0 fully saturated rings. The van der Waals surface area contributed by atoms with Gasteiger partial charge in [0.15, 0.2) is 5.41 Å². The van der Waals surface area contributed by atoms with Crippen molar-refractivity contribution in [1.29, 1.82) is 0 Å². The molecule has 0 heterocycles. The SMILES string of the molecule is CC(C(=O)O)(C(=O)O)c1ccc(O)cc1. The third-order valence-electron chi connectivity index (χ3n) is 2.30. The number of carbonyl (C=O) groups is 2. The number of phenols is 1. The first kappa shape index (κ1) is 11.0. The number of hydrogen-bond donors (Lipinski definition) is 3. The fourth-order valence-corrected chi connectivity index (χ4v) is 1.13. The lowest BCUT2D eigenvalue weighted by Gasteiger charge is -2.19. The van der Waals surface area contributed by atoms with Crippen molar-refractivity contribution in [2.45, 2.75) is 12.3 Å². The maximum Gasteiger partial charge on any atom is 0.325 e. The molecule has 5 nitrogen and oxygen atoms in total. The molecule has 0 spiro atoms. The zero-order valence-corrected chi connectivity index (χ0v) is 7.97. The Morgan fingerprint density at radius 1 is 1.07 bits per heavy atom. The summed E-state index contributed by atoms with van der Waals surface area (Å²) in [6.07, 6.45) is 0. The first-order valence-electron chi connectivity index (χ1n) is 4.15. The molecule has 1 rings (SSSR count). The quantitative estimate of drug-likeness (QED) is 0.642. The Labute approximate surface area is 85.6 Å². The fraction of sp³-hybridized carbons (Fsp3) is 0.200. The molecular weight excluding hydrogens is 200 g/mol.